The van der Waals surface area contributed by atoms with Crippen LogP contribution in [0.4, 0.5) is 5.69 Å². The molecule has 3 aromatic carbocycles. The molecule has 166 valence electrons. The molecule has 1 heterocycles. The third-order valence-corrected chi connectivity index (χ3v) is 5.96. The number of amides is 2. The lowest BCUT2D eigenvalue weighted by molar-refractivity contribution is -0.120. The summed E-state index contributed by atoms with van der Waals surface area (Å²) in [5.41, 5.74) is 4.52. The van der Waals surface area contributed by atoms with Gasteiger partial charge >= 0.3 is 5.97 Å². The van der Waals surface area contributed by atoms with Gasteiger partial charge in [-0.25, -0.2) is 9.78 Å². The van der Waals surface area contributed by atoms with Crippen LogP contribution >= 0.6 is 11.3 Å². The van der Waals surface area contributed by atoms with E-state index in [-0.39, 0.29) is 30.3 Å². The number of anilines is 1. The number of carbonyl (C=O) groups is 3. The topological polar surface area (TPSA) is 108 Å². The van der Waals surface area contributed by atoms with Crippen LogP contribution in [0.3, 0.4) is 0 Å². The van der Waals surface area contributed by atoms with Gasteiger partial charge in [0.2, 0.25) is 11.8 Å². The minimum absolute atomic E-state index is 0.112. The molecule has 0 bridgehead atoms. The third-order valence-electron chi connectivity index (χ3n) is 4.95. The zero-order chi connectivity index (χ0) is 23.4. The molecule has 0 unspecified atom stereocenters. The first-order valence-corrected chi connectivity index (χ1v) is 11.1. The SMILES string of the molecule is CC(=O)Nc1ccc(-c2ccc3nc(CC(=O)NCc4cccc(C(=O)O)c4)sc3c2)cc1. The molecule has 4 aromatic rings. The standard InChI is InChI=1S/C25H21N3O4S/c1-15(29)27-20-8-5-17(6-9-20)18-7-10-21-22(12-18)33-24(28-21)13-23(30)26-14-16-3-2-4-19(11-16)25(31)32/h2-12H,13-14H2,1H3,(H,26,30)(H,27,29)(H,31,32). The number of hydrogen-bond donors (Lipinski definition) is 3. The van der Waals surface area contributed by atoms with Gasteiger partial charge in [-0.15, -0.1) is 11.3 Å². The summed E-state index contributed by atoms with van der Waals surface area (Å²) in [7, 11) is 0. The van der Waals surface area contributed by atoms with Crippen LogP contribution in [0, 0.1) is 0 Å². The number of nitrogens with one attached hydrogen (secondary N) is 2. The maximum absolute atomic E-state index is 12.4. The highest BCUT2D eigenvalue weighted by Gasteiger charge is 2.11. The van der Waals surface area contributed by atoms with E-state index in [0.29, 0.717) is 5.01 Å². The van der Waals surface area contributed by atoms with E-state index in [1.807, 2.05) is 42.5 Å². The predicted octanol–water partition coefficient (Wildman–Crippen LogP) is 4.48. The summed E-state index contributed by atoms with van der Waals surface area (Å²) in [6.07, 6.45) is 0.152. The monoisotopic (exact) mass is 459 g/mol. The van der Waals surface area contributed by atoms with Gasteiger partial charge in [0.15, 0.2) is 0 Å². The molecule has 0 radical (unpaired) electrons. The lowest BCUT2D eigenvalue weighted by atomic mass is 10.1. The first-order chi connectivity index (χ1) is 15.9. The molecule has 0 fully saturated rings. The lowest BCUT2D eigenvalue weighted by Gasteiger charge is -2.05. The first kappa shape index (κ1) is 22.2. The number of carbonyl (C=O) groups excluding carboxylic acids is 2. The van der Waals surface area contributed by atoms with Crippen molar-refractivity contribution in [2.24, 2.45) is 0 Å². The van der Waals surface area contributed by atoms with Crippen LogP contribution in [-0.2, 0) is 22.6 Å². The van der Waals surface area contributed by atoms with Crippen LogP contribution in [0.2, 0.25) is 0 Å². The molecular formula is C25H21N3O4S. The summed E-state index contributed by atoms with van der Waals surface area (Å²) in [4.78, 5) is 39.2. The maximum atomic E-state index is 12.4. The predicted molar refractivity (Wildman–Crippen MR) is 128 cm³/mol. The first-order valence-electron chi connectivity index (χ1n) is 10.2. The fourth-order valence-electron chi connectivity index (χ4n) is 3.39. The Labute approximate surface area is 194 Å². The molecule has 0 aliphatic carbocycles. The van der Waals surface area contributed by atoms with Crippen molar-refractivity contribution in [1.29, 1.82) is 0 Å². The zero-order valence-electron chi connectivity index (χ0n) is 17.8. The Bertz CT molecular complexity index is 1350. The smallest absolute Gasteiger partial charge is 0.335 e. The van der Waals surface area contributed by atoms with Crippen molar-refractivity contribution in [3.8, 4) is 11.1 Å². The Balaban J connectivity index is 1.42. The van der Waals surface area contributed by atoms with Crippen LogP contribution < -0.4 is 10.6 Å². The summed E-state index contributed by atoms with van der Waals surface area (Å²) in [5.74, 6) is -1.29. The summed E-state index contributed by atoms with van der Waals surface area (Å²) in [6.45, 7) is 1.73. The summed E-state index contributed by atoms with van der Waals surface area (Å²) in [5, 5.41) is 15.4. The van der Waals surface area contributed by atoms with Gasteiger partial charge in [0.1, 0.15) is 5.01 Å². The number of hydrogen-bond acceptors (Lipinski definition) is 5. The molecule has 1 aromatic heterocycles. The second kappa shape index (κ2) is 9.62. The lowest BCUT2D eigenvalue weighted by Crippen LogP contribution is -2.24. The number of fused-ring (bicyclic) bond motifs is 1. The number of thiazole rings is 1. The average Bonchev–Trinajstić information content (AvgIpc) is 3.19. The molecule has 0 aliphatic heterocycles. The molecule has 0 saturated carbocycles. The minimum atomic E-state index is -0.999. The fraction of sp³-hybridized carbons (Fsp3) is 0.120. The summed E-state index contributed by atoms with van der Waals surface area (Å²) < 4.78 is 0.982. The number of nitrogens with zero attached hydrogens (tertiary/aromatic N) is 1. The van der Waals surface area contributed by atoms with Crippen molar-refractivity contribution in [1.82, 2.24) is 10.3 Å². The molecule has 4 rings (SSSR count). The molecule has 33 heavy (non-hydrogen) atoms. The number of rotatable bonds is 7. The second-order valence-corrected chi connectivity index (χ2v) is 8.62. The third kappa shape index (κ3) is 5.61. The van der Waals surface area contributed by atoms with Gasteiger partial charge in [-0.2, -0.15) is 0 Å². The molecule has 2 amide bonds. The number of aromatic carboxylic acids is 1. The van der Waals surface area contributed by atoms with Gasteiger partial charge in [0, 0.05) is 19.2 Å². The van der Waals surface area contributed by atoms with Crippen LogP contribution in [0.15, 0.2) is 66.7 Å². The highest BCUT2D eigenvalue weighted by atomic mass is 32.1. The Morgan fingerprint density at radius 2 is 1.73 bits per heavy atom. The molecule has 8 heteroatoms. The van der Waals surface area contributed by atoms with Gasteiger partial charge in [-0.05, 0) is 53.1 Å². The van der Waals surface area contributed by atoms with Gasteiger partial charge in [0.05, 0.1) is 22.2 Å². The van der Waals surface area contributed by atoms with Crippen molar-refractivity contribution in [2.45, 2.75) is 19.9 Å². The normalized spacial score (nSPS) is 10.7. The van der Waals surface area contributed by atoms with Crippen LogP contribution in [0.5, 0.6) is 0 Å². The quantitative estimate of drug-likeness (QED) is 0.378. The second-order valence-electron chi connectivity index (χ2n) is 7.51. The van der Waals surface area contributed by atoms with E-state index in [2.05, 4.69) is 15.6 Å². The average molecular weight is 460 g/mol. The van der Waals surface area contributed by atoms with Crippen molar-refractivity contribution in [3.05, 3.63) is 82.9 Å². The van der Waals surface area contributed by atoms with Crippen molar-refractivity contribution >= 4 is 45.0 Å². The maximum Gasteiger partial charge on any atom is 0.335 e. The molecule has 0 spiro atoms. The van der Waals surface area contributed by atoms with E-state index in [1.165, 1.54) is 24.3 Å². The van der Waals surface area contributed by atoms with Crippen molar-refractivity contribution in [2.75, 3.05) is 5.32 Å². The molecule has 0 atom stereocenters. The van der Waals surface area contributed by atoms with Crippen molar-refractivity contribution < 1.29 is 19.5 Å². The summed E-state index contributed by atoms with van der Waals surface area (Å²) >= 11 is 1.47. The van der Waals surface area contributed by atoms with E-state index >= 15 is 0 Å². The van der Waals surface area contributed by atoms with E-state index < -0.39 is 5.97 Å². The van der Waals surface area contributed by atoms with E-state index in [0.717, 1.165) is 32.6 Å². The Morgan fingerprint density at radius 1 is 0.970 bits per heavy atom. The molecular weight excluding hydrogens is 438 g/mol. The Kier molecular flexibility index (Phi) is 6.46. The molecule has 0 aliphatic rings. The van der Waals surface area contributed by atoms with Gasteiger partial charge < -0.3 is 15.7 Å². The van der Waals surface area contributed by atoms with Crippen molar-refractivity contribution in [3.63, 3.8) is 0 Å². The number of carboxylic acid groups (broad SMARTS) is 1. The Hall–Kier alpha value is -4.04. The van der Waals surface area contributed by atoms with Crippen LogP contribution in [-0.4, -0.2) is 27.9 Å². The molecule has 3 N–H and O–H groups in total. The van der Waals surface area contributed by atoms with Crippen LogP contribution in [0.25, 0.3) is 21.3 Å². The van der Waals surface area contributed by atoms with E-state index in [1.54, 1.807) is 18.2 Å². The van der Waals surface area contributed by atoms with Gasteiger partial charge in [-0.3, -0.25) is 9.59 Å². The number of aromatic nitrogens is 1. The Morgan fingerprint density at radius 3 is 2.45 bits per heavy atom. The minimum Gasteiger partial charge on any atom is -0.478 e. The largest absolute Gasteiger partial charge is 0.478 e. The van der Waals surface area contributed by atoms with Gasteiger partial charge in [0.25, 0.3) is 0 Å². The molecule has 0 saturated heterocycles. The number of benzene rings is 3. The van der Waals surface area contributed by atoms with Gasteiger partial charge in [-0.1, -0.05) is 30.3 Å². The highest BCUT2D eigenvalue weighted by molar-refractivity contribution is 7.18. The van der Waals surface area contributed by atoms with Crippen LogP contribution in [0.1, 0.15) is 27.9 Å². The van der Waals surface area contributed by atoms with E-state index in [4.69, 9.17) is 5.11 Å². The highest BCUT2D eigenvalue weighted by Crippen LogP contribution is 2.29. The number of carboxylic acids is 1. The fourth-order valence-corrected chi connectivity index (χ4v) is 4.40. The zero-order valence-corrected chi connectivity index (χ0v) is 18.6. The van der Waals surface area contributed by atoms with E-state index in [9.17, 15) is 14.4 Å². The summed E-state index contributed by atoms with van der Waals surface area (Å²) in [6, 6.07) is 20.0. The molecule has 7 nitrogen and oxygen atoms in total.